The molecule has 186 valence electrons. The Hall–Kier alpha value is -3.69. The fourth-order valence-corrected chi connectivity index (χ4v) is 4.99. The summed E-state index contributed by atoms with van der Waals surface area (Å²) < 4.78 is 11.8. The maximum Gasteiger partial charge on any atom is 0.236 e. The Kier molecular flexibility index (Phi) is 6.40. The second-order valence-corrected chi connectivity index (χ2v) is 9.52. The van der Waals surface area contributed by atoms with Gasteiger partial charge in [0.05, 0.1) is 18.5 Å². The number of carbonyl (C=O) groups excluding carboxylic acids is 1. The van der Waals surface area contributed by atoms with Gasteiger partial charge in [0.1, 0.15) is 11.3 Å². The number of piperazine rings is 1. The van der Waals surface area contributed by atoms with Crippen LogP contribution in [0.3, 0.4) is 0 Å². The monoisotopic (exact) mass is 486 g/mol. The second-order valence-electron chi connectivity index (χ2n) is 9.52. The summed E-state index contributed by atoms with van der Waals surface area (Å²) in [4.78, 5) is 23.6. The maximum absolute atomic E-state index is 12.4. The van der Waals surface area contributed by atoms with Crippen molar-refractivity contribution < 1.29 is 13.9 Å². The van der Waals surface area contributed by atoms with Crippen LogP contribution in [0, 0.1) is 0 Å². The van der Waals surface area contributed by atoms with Crippen LogP contribution in [0.2, 0.25) is 0 Å². The predicted molar refractivity (Wildman–Crippen MR) is 136 cm³/mol. The van der Waals surface area contributed by atoms with Gasteiger partial charge in [0, 0.05) is 86.9 Å². The number of amides is 1. The second kappa shape index (κ2) is 10.1. The van der Waals surface area contributed by atoms with Gasteiger partial charge in [-0.3, -0.25) is 19.7 Å². The van der Waals surface area contributed by atoms with Crippen molar-refractivity contribution in [3.8, 4) is 22.9 Å². The summed E-state index contributed by atoms with van der Waals surface area (Å²) in [7, 11) is 0. The molecule has 0 unspecified atom stereocenters. The molecule has 9 heteroatoms. The van der Waals surface area contributed by atoms with E-state index < -0.39 is 0 Å². The Morgan fingerprint density at radius 2 is 1.83 bits per heavy atom. The van der Waals surface area contributed by atoms with Crippen LogP contribution in [-0.4, -0.2) is 81.6 Å². The van der Waals surface area contributed by atoms with E-state index in [0.29, 0.717) is 18.2 Å². The third-order valence-corrected chi connectivity index (χ3v) is 7.07. The largest absolute Gasteiger partial charge is 0.464 e. The van der Waals surface area contributed by atoms with E-state index in [4.69, 9.17) is 9.15 Å². The highest BCUT2D eigenvalue weighted by Gasteiger charge is 2.24. The minimum absolute atomic E-state index is 0.281. The van der Waals surface area contributed by atoms with E-state index in [-0.39, 0.29) is 5.91 Å². The Labute approximate surface area is 209 Å². The number of pyridine rings is 1. The predicted octanol–water partition coefficient (Wildman–Crippen LogP) is 3.75. The normalized spacial score (nSPS) is 17.2. The van der Waals surface area contributed by atoms with Crippen molar-refractivity contribution in [2.24, 2.45) is 0 Å². The Bertz CT molecular complexity index is 1300. The summed E-state index contributed by atoms with van der Waals surface area (Å²) in [5, 5.41) is 7.99. The van der Waals surface area contributed by atoms with E-state index >= 15 is 0 Å². The van der Waals surface area contributed by atoms with Gasteiger partial charge < -0.3 is 14.1 Å². The zero-order valence-electron chi connectivity index (χ0n) is 20.2. The van der Waals surface area contributed by atoms with Gasteiger partial charge in [-0.1, -0.05) is 0 Å². The number of benzene rings is 1. The van der Waals surface area contributed by atoms with Gasteiger partial charge in [-0.2, -0.15) is 5.10 Å². The van der Waals surface area contributed by atoms with E-state index in [0.717, 1.165) is 80.9 Å². The molecule has 1 aromatic carbocycles. The number of hydrogen-bond donors (Lipinski definition) is 1. The van der Waals surface area contributed by atoms with Gasteiger partial charge in [-0.25, -0.2) is 4.98 Å². The third kappa shape index (κ3) is 4.98. The topological polar surface area (TPSA) is 90.7 Å². The molecule has 4 aromatic rings. The Morgan fingerprint density at radius 3 is 2.58 bits per heavy atom. The number of nitrogens with one attached hydrogen (secondary N) is 1. The number of aromatic amines is 1. The summed E-state index contributed by atoms with van der Waals surface area (Å²) in [6.07, 6.45) is 7.60. The summed E-state index contributed by atoms with van der Waals surface area (Å²) >= 11 is 0. The fourth-order valence-electron chi connectivity index (χ4n) is 4.99. The molecule has 0 bridgehead atoms. The van der Waals surface area contributed by atoms with Crippen molar-refractivity contribution in [2.45, 2.75) is 19.4 Å². The average Bonchev–Trinajstić information content (AvgIpc) is 3.69. The van der Waals surface area contributed by atoms with E-state index in [2.05, 4.69) is 25.0 Å². The number of nitrogens with zero attached hydrogens (tertiary/aromatic N) is 5. The number of fused-ring (bicyclic) bond motifs is 1. The lowest BCUT2D eigenvalue weighted by Crippen LogP contribution is -2.49. The van der Waals surface area contributed by atoms with Crippen LogP contribution in [0.1, 0.15) is 18.4 Å². The Balaban J connectivity index is 1.04. The molecule has 0 spiro atoms. The van der Waals surface area contributed by atoms with Crippen LogP contribution in [0.4, 0.5) is 0 Å². The molecule has 3 aromatic heterocycles. The summed E-state index contributed by atoms with van der Waals surface area (Å²) in [6, 6.07) is 11.6. The highest BCUT2D eigenvalue weighted by molar-refractivity contribution is 5.82. The third-order valence-electron chi connectivity index (χ3n) is 7.07. The van der Waals surface area contributed by atoms with Crippen molar-refractivity contribution in [1.29, 1.82) is 0 Å². The van der Waals surface area contributed by atoms with Crippen molar-refractivity contribution in [3.05, 3.63) is 60.6 Å². The lowest BCUT2D eigenvalue weighted by atomic mass is 10.1. The smallest absolute Gasteiger partial charge is 0.236 e. The molecule has 0 saturated carbocycles. The van der Waals surface area contributed by atoms with Gasteiger partial charge in [0.2, 0.25) is 11.8 Å². The van der Waals surface area contributed by atoms with Gasteiger partial charge in [-0.15, -0.1) is 0 Å². The van der Waals surface area contributed by atoms with Gasteiger partial charge in [-0.05, 0) is 37.1 Å². The SMILES string of the molecule is O=C(CN1CCN(Cc2coc3cc(Oc4ccc(-c5ccn[nH]5)cn4)ccc23)CC1)N1CCCC1. The number of H-pyrrole nitrogens is 1. The van der Waals surface area contributed by atoms with Gasteiger partial charge in [0.25, 0.3) is 0 Å². The highest BCUT2D eigenvalue weighted by Crippen LogP contribution is 2.29. The first-order chi connectivity index (χ1) is 17.7. The van der Waals surface area contributed by atoms with Crippen LogP contribution in [0.25, 0.3) is 22.2 Å². The van der Waals surface area contributed by atoms with Crippen LogP contribution in [-0.2, 0) is 11.3 Å². The summed E-state index contributed by atoms with van der Waals surface area (Å²) in [5.41, 5.74) is 3.83. The molecule has 0 radical (unpaired) electrons. The number of carbonyl (C=O) groups is 1. The number of rotatable bonds is 7. The summed E-state index contributed by atoms with van der Waals surface area (Å²) in [5.74, 6) is 1.48. The number of ether oxygens (including phenoxy) is 1. The van der Waals surface area contributed by atoms with Crippen LogP contribution < -0.4 is 4.74 Å². The molecule has 6 rings (SSSR count). The Morgan fingerprint density at radius 1 is 1.00 bits per heavy atom. The molecule has 2 fully saturated rings. The van der Waals surface area contributed by atoms with Crippen molar-refractivity contribution in [1.82, 2.24) is 29.9 Å². The first-order valence-corrected chi connectivity index (χ1v) is 12.6. The highest BCUT2D eigenvalue weighted by atomic mass is 16.5. The van der Waals surface area contributed by atoms with Crippen molar-refractivity contribution >= 4 is 16.9 Å². The van der Waals surface area contributed by atoms with E-state index in [1.807, 2.05) is 47.6 Å². The molecule has 0 aliphatic carbocycles. The average molecular weight is 487 g/mol. The quantitative estimate of drug-likeness (QED) is 0.425. The molecule has 2 aliphatic rings. The standard InChI is InChI=1S/C27H30N6O3/c34-27(33-9-1-2-10-33)18-32-13-11-31(12-14-32)17-21-19-35-25-15-22(4-5-23(21)25)36-26-6-3-20(16-28-26)24-7-8-29-30-24/h3-8,15-16,19H,1-2,9-14,17-18H2,(H,29,30). The van der Waals surface area contributed by atoms with Crippen LogP contribution in [0.5, 0.6) is 11.6 Å². The molecule has 2 aliphatic heterocycles. The number of furan rings is 1. The minimum atomic E-state index is 0.281. The zero-order chi connectivity index (χ0) is 24.3. The van der Waals surface area contributed by atoms with E-state index in [1.54, 1.807) is 12.4 Å². The molecule has 5 heterocycles. The number of aromatic nitrogens is 3. The maximum atomic E-state index is 12.4. The molecule has 0 atom stereocenters. The lowest BCUT2D eigenvalue weighted by molar-refractivity contribution is -0.131. The lowest BCUT2D eigenvalue weighted by Gasteiger charge is -2.34. The number of hydrogen-bond acceptors (Lipinski definition) is 7. The first-order valence-electron chi connectivity index (χ1n) is 12.6. The van der Waals surface area contributed by atoms with Gasteiger partial charge in [0.15, 0.2) is 0 Å². The molecule has 1 N–H and O–H groups in total. The van der Waals surface area contributed by atoms with Gasteiger partial charge >= 0.3 is 0 Å². The van der Waals surface area contributed by atoms with Crippen molar-refractivity contribution in [2.75, 3.05) is 45.8 Å². The fraction of sp³-hybridized carbons (Fsp3) is 0.370. The molecule has 1 amide bonds. The molecular formula is C27H30N6O3. The van der Waals surface area contributed by atoms with E-state index in [9.17, 15) is 4.79 Å². The summed E-state index contributed by atoms with van der Waals surface area (Å²) in [6.45, 7) is 6.95. The van der Waals surface area contributed by atoms with Crippen LogP contribution in [0.15, 0.2) is 59.5 Å². The molecule has 2 saturated heterocycles. The first kappa shape index (κ1) is 22.8. The minimum Gasteiger partial charge on any atom is -0.464 e. The van der Waals surface area contributed by atoms with Crippen LogP contribution >= 0.6 is 0 Å². The molecule has 9 nitrogen and oxygen atoms in total. The molecule has 36 heavy (non-hydrogen) atoms. The van der Waals surface area contributed by atoms with Crippen molar-refractivity contribution in [3.63, 3.8) is 0 Å². The molecular weight excluding hydrogens is 456 g/mol. The van der Waals surface area contributed by atoms with E-state index in [1.165, 1.54) is 5.56 Å². The zero-order valence-corrected chi connectivity index (χ0v) is 20.2. The number of likely N-dealkylation sites (tertiary alicyclic amines) is 1.